The van der Waals surface area contributed by atoms with Gasteiger partial charge in [-0.2, -0.15) is 11.3 Å². The fourth-order valence-electron chi connectivity index (χ4n) is 1.04. The molecule has 6 heteroatoms. The molecule has 0 aromatic carbocycles. The number of aromatic amines is 1. The Bertz CT molecular complexity index is 468. The zero-order valence-electron chi connectivity index (χ0n) is 7.53. The summed E-state index contributed by atoms with van der Waals surface area (Å²) in [6.45, 7) is 2.92. The third-order valence-electron chi connectivity index (χ3n) is 1.83. The summed E-state index contributed by atoms with van der Waals surface area (Å²) < 4.78 is 0.703. The molecule has 0 spiro atoms. The van der Waals surface area contributed by atoms with E-state index in [1.807, 2.05) is 0 Å². The van der Waals surface area contributed by atoms with Gasteiger partial charge in [-0.1, -0.05) is 11.3 Å². The number of thiophene rings is 1. The van der Waals surface area contributed by atoms with Gasteiger partial charge in [-0.3, -0.25) is 5.10 Å². The van der Waals surface area contributed by atoms with E-state index in [0.717, 1.165) is 11.7 Å². The van der Waals surface area contributed by atoms with Gasteiger partial charge >= 0.3 is 0 Å². The van der Waals surface area contributed by atoms with E-state index in [4.69, 9.17) is 12.2 Å². The first kappa shape index (κ1) is 9.82. The highest BCUT2D eigenvalue weighted by atomic mass is 32.1. The molecule has 2 rings (SSSR count). The Morgan fingerprint density at radius 1 is 1.57 bits per heavy atom. The van der Waals surface area contributed by atoms with Crippen molar-refractivity contribution in [3.63, 3.8) is 0 Å². The van der Waals surface area contributed by atoms with Crippen LogP contribution in [-0.4, -0.2) is 10.2 Å². The number of nitrogens with one attached hydrogen (secondary N) is 2. The van der Waals surface area contributed by atoms with Crippen LogP contribution in [0.15, 0.2) is 10.8 Å². The van der Waals surface area contributed by atoms with E-state index in [9.17, 15) is 0 Å². The lowest BCUT2D eigenvalue weighted by Gasteiger charge is -2.00. The van der Waals surface area contributed by atoms with Crippen LogP contribution in [-0.2, 0) is 6.54 Å². The van der Waals surface area contributed by atoms with E-state index < -0.39 is 0 Å². The van der Waals surface area contributed by atoms with Crippen LogP contribution in [0.2, 0.25) is 0 Å². The quantitative estimate of drug-likeness (QED) is 0.813. The third kappa shape index (κ3) is 2.20. The maximum Gasteiger partial charge on any atom is 0.204 e. The number of aryl methyl sites for hydroxylation is 1. The molecule has 74 valence electrons. The van der Waals surface area contributed by atoms with Gasteiger partial charge < -0.3 is 5.32 Å². The highest BCUT2D eigenvalue weighted by molar-refractivity contribution is 7.73. The topological polar surface area (TPSA) is 40.7 Å². The standard InChI is InChI=1S/C8H9N3S3/c1-5-3-13-4-6(5)2-9-7-10-11-8(12)14-7/h3-4H,2H2,1H3,(H,9,10)(H,11,12). The van der Waals surface area contributed by atoms with Crippen molar-refractivity contribution in [3.05, 3.63) is 25.8 Å². The number of aromatic nitrogens is 2. The van der Waals surface area contributed by atoms with Crippen molar-refractivity contribution in [2.24, 2.45) is 0 Å². The number of nitrogens with zero attached hydrogens (tertiary/aromatic N) is 1. The molecule has 2 heterocycles. The van der Waals surface area contributed by atoms with Gasteiger partial charge in [-0.05, 0) is 41.0 Å². The normalized spacial score (nSPS) is 10.4. The largest absolute Gasteiger partial charge is 0.356 e. The summed E-state index contributed by atoms with van der Waals surface area (Å²) in [5.74, 6) is 0. The van der Waals surface area contributed by atoms with Crippen molar-refractivity contribution in [1.29, 1.82) is 0 Å². The first-order chi connectivity index (χ1) is 6.75. The zero-order valence-corrected chi connectivity index (χ0v) is 9.98. The van der Waals surface area contributed by atoms with Gasteiger partial charge in [0.05, 0.1) is 0 Å². The Morgan fingerprint density at radius 2 is 2.43 bits per heavy atom. The molecule has 0 fully saturated rings. The minimum absolute atomic E-state index is 0.703. The molecule has 0 radical (unpaired) electrons. The summed E-state index contributed by atoms with van der Waals surface area (Å²) in [5, 5.41) is 15.1. The van der Waals surface area contributed by atoms with E-state index in [-0.39, 0.29) is 0 Å². The second-order valence-corrected chi connectivity index (χ2v) is 5.26. The molecule has 0 bridgehead atoms. The maximum atomic E-state index is 4.94. The van der Waals surface area contributed by atoms with Crippen molar-refractivity contribution in [2.75, 3.05) is 5.32 Å². The van der Waals surface area contributed by atoms with Crippen LogP contribution >= 0.6 is 34.9 Å². The number of anilines is 1. The predicted octanol–water partition coefficient (Wildman–Crippen LogP) is 3.18. The van der Waals surface area contributed by atoms with E-state index in [0.29, 0.717) is 3.95 Å². The lowest BCUT2D eigenvalue weighted by atomic mass is 10.2. The van der Waals surface area contributed by atoms with Gasteiger partial charge in [-0.15, -0.1) is 5.10 Å². The first-order valence-corrected chi connectivity index (χ1v) is 6.23. The average Bonchev–Trinajstić information content (AvgIpc) is 2.72. The van der Waals surface area contributed by atoms with Crippen molar-refractivity contribution >= 4 is 40.0 Å². The first-order valence-electron chi connectivity index (χ1n) is 4.07. The minimum atomic E-state index is 0.703. The molecule has 2 N–H and O–H groups in total. The van der Waals surface area contributed by atoms with Crippen molar-refractivity contribution in [1.82, 2.24) is 10.2 Å². The van der Waals surface area contributed by atoms with E-state index >= 15 is 0 Å². The summed E-state index contributed by atoms with van der Waals surface area (Å²) in [6.07, 6.45) is 0. The van der Waals surface area contributed by atoms with E-state index in [1.54, 1.807) is 11.3 Å². The summed E-state index contributed by atoms with van der Waals surface area (Å²) in [5.41, 5.74) is 2.64. The van der Waals surface area contributed by atoms with Gasteiger partial charge in [0.15, 0.2) is 3.95 Å². The number of hydrogen-bond donors (Lipinski definition) is 2. The molecular weight excluding hydrogens is 234 g/mol. The van der Waals surface area contributed by atoms with E-state index in [1.165, 1.54) is 22.5 Å². The van der Waals surface area contributed by atoms with Crippen molar-refractivity contribution in [3.8, 4) is 0 Å². The molecule has 0 aliphatic carbocycles. The van der Waals surface area contributed by atoms with Gasteiger partial charge in [0, 0.05) is 6.54 Å². The smallest absolute Gasteiger partial charge is 0.204 e. The van der Waals surface area contributed by atoms with Crippen LogP contribution in [0, 0.1) is 10.9 Å². The summed E-state index contributed by atoms with van der Waals surface area (Å²) in [6, 6.07) is 0. The molecule has 14 heavy (non-hydrogen) atoms. The Hall–Kier alpha value is -0.720. The lowest BCUT2D eigenvalue weighted by molar-refractivity contribution is 1.04. The Morgan fingerprint density at radius 3 is 3.00 bits per heavy atom. The maximum absolute atomic E-state index is 4.94. The number of H-pyrrole nitrogens is 1. The second kappa shape index (κ2) is 4.20. The van der Waals surface area contributed by atoms with Crippen molar-refractivity contribution in [2.45, 2.75) is 13.5 Å². The fraction of sp³-hybridized carbons (Fsp3) is 0.250. The fourth-order valence-corrected chi connectivity index (χ4v) is 2.69. The molecular formula is C8H9N3S3. The number of hydrogen-bond acceptors (Lipinski definition) is 5. The molecule has 0 atom stereocenters. The molecule has 2 aromatic heterocycles. The highest BCUT2D eigenvalue weighted by Crippen LogP contribution is 2.17. The SMILES string of the molecule is Cc1cscc1CNc1n[nH]c(=S)s1. The summed E-state index contributed by atoms with van der Waals surface area (Å²) in [7, 11) is 0. The van der Waals surface area contributed by atoms with Crippen LogP contribution in [0.3, 0.4) is 0 Å². The molecule has 0 saturated heterocycles. The summed E-state index contributed by atoms with van der Waals surface area (Å²) in [4.78, 5) is 0. The van der Waals surface area contributed by atoms with Gasteiger partial charge in [0.25, 0.3) is 0 Å². The van der Waals surface area contributed by atoms with Crippen LogP contribution in [0.5, 0.6) is 0 Å². The number of rotatable bonds is 3. The molecule has 0 aliphatic heterocycles. The molecule has 0 aliphatic rings. The minimum Gasteiger partial charge on any atom is -0.356 e. The third-order valence-corrected chi connectivity index (χ3v) is 3.79. The monoisotopic (exact) mass is 243 g/mol. The van der Waals surface area contributed by atoms with Crippen molar-refractivity contribution < 1.29 is 0 Å². The van der Waals surface area contributed by atoms with Crippen LogP contribution in [0.1, 0.15) is 11.1 Å². The highest BCUT2D eigenvalue weighted by Gasteiger charge is 2.00. The average molecular weight is 243 g/mol. The Balaban J connectivity index is 2.01. The molecule has 3 nitrogen and oxygen atoms in total. The van der Waals surface area contributed by atoms with Crippen LogP contribution in [0.4, 0.5) is 5.13 Å². The van der Waals surface area contributed by atoms with Gasteiger partial charge in [0.1, 0.15) is 0 Å². The lowest BCUT2D eigenvalue weighted by Crippen LogP contribution is -1.98. The zero-order chi connectivity index (χ0) is 9.97. The predicted molar refractivity (Wildman–Crippen MR) is 63.7 cm³/mol. The molecule has 2 aromatic rings. The Labute approximate surface area is 94.8 Å². The Kier molecular flexibility index (Phi) is 2.95. The van der Waals surface area contributed by atoms with Crippen LogP contribution in [0.25, 0.3) is 0 Å². The van der Waals surface area contributed by atoms with Gasteiger partial charge in [-0.25, -0.2) is 0 Å². The second-order valence-electron chi connectivity index (χ2n) is 2.85. The molecule has 0 unspecified atom stereocenters. The van der Waals surface area contributed by atoms with Crippen LogP contribution < -0.4 is 5.32 Å². The van der Waals surface area contributed by atoms with Gasteiger partial charge in [0.2, 0.25) is 5.13 Å². The molecule has 0 saturated carbocycles. The summed E-state index contributed by atoms with van der Waals surface area (Å²) >= 11 is 8.11. The molecule has 0 amide bonds. The van der Waals surface area contributed by atoms with E-state index in [2.05, 4.69) is 33.2 Å².